The van der Waals surface area contributed by atoms with Gasteiger partial charge in [-0.1, -0.05) is 30.7 Å². The van der Waals surface area contributed by atoms with Gasteiger partial charge in [-0.3, -0.25) is 0 Å². The van der Waals surface area contributed by atoms with Crippen molar-refractivity contribution in [2.24, 2.45) is 0 Å². The molecule has 0 radical (unpaired) electrons. The topological polar surface area (TPSA) is 59.2 Å². The maximum absolute atomic E-state index is 6.48. The molecule has 5 nitrogen and oxygen atoms in total. The molecule has 0 aliphatic rings. The van der Waals surface area contributed by atoms with Gasteiger partial charge in [0.05, 0.1) is 30.3 Å². The van der Waals surface area contributed by atoms with E-state index in [2.05, 4.69) is 29.1 Å². The van der Waals surface area contributed by atoms with Crippen molar-refractivity contribution >= 4 is 22.6 Å². The lowest BCUT2D eigenvalue weighted by molar-refractivity contribution is 0.276. The van der Waals surface area contributed by atoms with Crippen LogP contribution in [-0.4, -0.2) is 23.2 Å². The van der Waals surface area contributed by atoms with Gasteiger partial charge in [0, 0.05) is 17.6 Å². The molecule has 0 bridgehead atoms. The molecule has 144 valence electrons. The summed E-state index contributed by atoms with van der Waals surface area (Å²) in [7, 11) is 0. The zero-order chi connectivity index (χ0) is 19.2. The smallest absolute Gasteiger partial charge is 0.162 e. The van der Waals surface area contributed by atoms with Gasteiger partial charge < -0.3 is 19.8 Å². The third-order valence-electron chi connectivity index (χ3n) is 4.29. The summed E-state index contributed by atoms with van der Waals surface area (Å²) in [6.45, 7) is 7.92. The summed E-state index contributed by atoms with van der Waals surface area (Å²) >= 11 is 6.48. The molecule has 0 saturated carbocycles. The minimum absolute atomic E-state index is 0.0556. The Bertz CT molecular complexity index is 861. The van der Waals surface area contributed by atoms with E-state index in [-0.39, 0.29) is 6.04 Å². The second kappa shape index (κ2) is 9.11. The summed E-state index contributed by atoms with van der Waals surface area (Å²) in [5.41, 5.74) is 2.97. The van der Waals surface area contributed by atoms with Crippen molar-refractivity contribution in [2.45, 2.75) is 39.8 Å². The number of halogens is 1. The van der Waals surface area contributed by atoms with Crippen LogP contribution in [0.2, 0.25) is 5.02 Å². The first-order chi connectivity index (χ1) is 13.1. The molecule has 3 aromatic rings. The van der Waals surface area contributed by atoms with Gasteiger partial charge in [-0.15, -0.1) is 0 Å². The van der Waals surface area contributed by atoms with E-state index >= 15 is 0 Å². The molecule has 0 aliphatic carbocycles. The van der Waals surface area contributed by atoms with Crippen molar-refractivity contribution in [3.63, 3.8) is 0 Å². The lowest BCUT2D eigenvalue weighted by atomic mass is 10.1. The number of rotatable bonds is 9. The fraction of sp³-hybridized carbons (Fsp3) is 0.381. The number of ether oxygens (including phenoxy) is 2. The van der Waals surface area contributed by atoms with E-state index in [1.165, 1.54) is 0 Å². The fourth-order valence-corrected chi connectivity index (χ4v) is 3.06. The molecule has 1 atom stereocenters. The Kier molecular flexibility index (Phi) is 6.58. The molecule has 3 rings (SSSR count). The number of hydrogen-bond donors (Lipinski definition) is 2. The third-order valence-corrected chi connectivity index (χ3v) is 4.64. The summed E-state index contributed by atoms with van der Waals surface area (Å²) < 4.78 is 11.5. The van der Waals surface area contributed by atoms with Crippen LogP contribution in [0.25, 0.3) is 11.0 Å². The van der Waals surface area contributed by atoms with Gasteiger partial charge in [-0.05, 0) is 44.0 Å². The summed E-state index contributed by atoms with van der Waals surface area (Å²) in [5, 5.41) is 4.14. The highest BCUT2D eigenvalue weighted by Crippen LogP contribution is 2.34. The van der Waals surface area contributed by atoms with Gasteiger partial charge in [0.25, 0.3) is 0 Å². The molecule has 2 N–H and O–H groups in total. The first-order valence-corrected chi connectivity index (χ1v) is 9.76. The lowest BCUT2D eigenvalue weighted by Crippen LogP contribution is -2.19. The summed E-state index contributed by atoms with van der Waals surface area (Å²) in [6.07, 6.45) is 0.932. The zero-order valence-electron chi connectivity index (χ0n) is 16.0. The normalized spacial score (nSPS) is 12.3. The van der Waals surface area contributed by atoms with Crippen molar-refractivity contribution < 1.29 is 9.47 Å². The quantitative estimate of drug-likeness (QED) is 0.526. The Morgan fingerprint density at radius 3 is 2.67 bits per heavy atom. The van der Waals surface area contributed by atoms with E-state index in [1.807, 2.05) is 43.3 Å². The van der Waals surface area contributed by atoms with Crippen LogP contribution in [0, 0.1) is 0 Å². The zero-order valence-corrected chi connectivity index (χ0v) is 16.8. The average Bonchev–Trinajstić information content (AvgIpc) is 3.11. The van der Waals surface area contributed by atoms with Gasteiger partial charge in [-0.25, -0.2) is 4.98 Å². The van der Waals surface area contributed by atoms with Crippen molar-refractivity contribution in [1.29, 1.82) is 0 Å². The number of nitrogens with zero attached hydrogens (tertiary/aromatic N) is 1. The number of fused-ring (bicyclic) bond motifs is 1. The monoisotopic (exact) mass is 387 g/mol. The molecule has 0 fully saturated rings. The molecule has 0 spiro atoms. The van der Waals surface area contributed by atoms with E-state index in [4.69, 9.17) is 21.1 Å². The van der Waals surface area contributed by atoms with Crippen molar-refractivity contribution in [3.05, 3.63) is 52.8 Å². The Hall–Kier alpha value is -2.24. The fourth-order valence-electron chi connectivity index (χ4n) is 2.84. The number of para-hydroxylation sites is 2. The van der Waals surface area contributed by atoms with Crippen LogP contribution in [0.5, 0.6) is 11.5 Å². The van der Waals surface area contributed by atoms with Crippen LogP contribution < -0.4 is 14.8 Å². The number of imidazole rings is 1. The summed E-state index contributed by atoms with van der Waals surface area (Å²) in [6, 6.07) is 11.9. The molecule has 0 amide bonds. The van der Waals surface area contributed by atoms with Crippen LogP contribution in [-0.2, 0) is 6.54 Å². The second-order valence-corrected chi connectivity index (χ2v) is 6.82. The van der Waals surface area contributed by atoms with Crippen molar-refractivity contribution in [2.75, 3.05) is 13.2 Å². The predicted molar refractivity (Wildman–Crippen MR) is 110 cm³/mol. The van der Waals surface area contributed by atoms with E-state index in [0.29, 0.717) is 30.5 Å². The SMILES string of the molecule is CCCOc1cc(Cl)c(CN[C@H](C)c2nc3ccccc3[nH]2)cc1OCC. The minimum Gasteiger partial charge on any atom is -0.490 e. The number of aromatic nitrogens is 2. The molecule has 0 aliphatic heterocycles. The van der Waals surface area contributed by atoms with Gasteiger partial charge in [0.1, 0.15) is 5.82 Å². The highest BCUT2D eigenvalue weighted by Gasteiger charge is 2.14. The highest BCUT2D eigenvalue weighted by atomic mass is 35.5. The number of hydrogen-bond acceptors (Lipinski definition) is 4. The number of H-pyrrole nitrogens is 1. The number of nitrogens with one attached hydrogen (secondary N) is 2. The Balaban J connectivity index is 1.73. The molecule has 2 aromatic carbocycles. The summed E-state index contributed by atoms with van der Waals surface area (Å²) in [5.74, 6) is 2.32. The van der Waals surface area contributed by atoms with Crippen LogP contribution in [0.15, 0.2) is 36.4 Å². The van der Waals surface area contributed by atoms with E-state index in [9.17, 15) is 0 Å². The molecular formula is C21H26ClN3O2. The first kappa shape index (κ1) is 19.5. The largest absolute Gasteiger partial charge is 0.490 e. The standard InChI is InChI=1S/C21H26ClN3O2/c1-4-10-27-20-12-16(22)15(11-19(20)26-5-2)13-23-14(3)21-24-17-8-6-7-9-18(17)25-21/h6-9,11-12,14,23H,4-5,10,13H2,1-3H3,(H,24,25)/t14-/m1/s1. The summed E-state index contributed by atoms with van der Waals surface area (Å²) in [4.78, 5) is 8.01. The lowest BCUT2D eigenvalue weighted by Gasteiger charge is -2.16. The molecule has 27 heavy (non-hydrogen) atoms. The van der Waals surface area contributed by atoms with Gasteiger partial charge in [0.15, 0.2) is 11.5 Å². The molecular weight excluding hydrogens is 362 g/mol. The maximum Gasteiger partial charge on any atom is 0.162 e. The van der Waals surface area contributed by atoms with Gasteiger partial charge in [0.2, 0.25) is 0 Å². The van der Waals surface area contributed by atoms with Gasteiger partial charge in [-0.2, -0.15) is 0 Å². The average molecular weight is 388 g/mol. The van der Waals surface area contributed by atoms with E-state index in [1.54, 1.807) is 0 Å². The molecule has 1 heterocycles. The minimum atomic E-state index is 0.0556. The van der Waals surface area contributed by atoms with Crippen molar-refractivity contribution in [3.8, 4) is 11.5 Å². The third kappa shape index (κ3) is 4.73. The van der Waals surface area contributed by atoms with Crippen LogP contribution in [0.4, 0.5) is 0 Å². The van der Waals surface area contributed by atoms with Crippen LogP contribution in [0.1, 0.15) is 44.6 Å². The second-order valence-electron chi connectivity index (χ2n) is 6.41. The molecule has 6 heteroatoms. The predicted octanol–water partition coefficient (Wildman–Crippen LogP) is 5.25. The van der Waals surface area contributed by atoms with E-state index in [0.717, 1.165) is 34.6 Å². The van der Waals surface area contributed by atoms with E-state index < -0.39 is 0 Å². The maximum atomic E-state index is 6.48. The van der Waals surface area contributed by atoms with Crippen molar-refractivity contribution in [1.82, 2.24) is 15.3 Å². The van der Waals surface area contributed by atoms with Crippen LogP contribution >= 0.6 is 11.6 Å². The molecule has 1 aromatic heterocycles. The Morgan fingerprint density at radius 2 is 1.93 bits per heavy atom. The number of aromatic amines is 1. The van der Waals surface area contributed by atoms with Crippen LogP contribution in [0.3, 0.4) is 0 Å². The Morgan fingerprint density at radius 1 is 1.15 bits per heavy atom. The molecule has 0 unspecified atom stereocenters. The highest BCUT2D eigenvalue weighted by molar-refractivity contribution is 6.31. The first-order valence-electron chi connectivity index (χ1n) is 9.38. The Labute approximate surface area is 165 Å². The number of benzene rings is 2. The van der Waals surface area contributed by atoms with Gasteiger partial charge >= 0.3 is 0 Å². The molecule has 0 saturated heterocycles.